The molecule has 0 spiro atoms. The molecule has 1 fully saturated rings. The zero-order chi connectivity index (χ0) is 10.7. The van der Waals surface area contributed by atoms with Gasteiger partial charge in [0, 0.05) is 12.6 Å². The minimum atomic E-state index is 0.678. The largest absolute Gasteiger partial charge is 0.344 e. The van der Waals surface area contributed by atoms with Crippen molar-refractivity contribution in [2.24, 2.45) is 0 Å². The number of aromatic nitrogens is 2. The number of aromatic amines is 1. The van der Waals surface area contributed by atoms with Gasteiger partial charge in [0.1, 0.15) is 0 Å². The van der Waals surface area contributed by atoms with Gasteiger partial charge in [-0.2, -0.15) is 0 Å². The smallest absolute Gasteiger partial charge is 0.207 e. The monoisotopic (exact) mass is 243 g/mol. The number of H-pyrrole nitrogens is 1. The molecule has 2 heterocycles. The Morgan fingerprint density at radius 2 is 2.47 bits per heavy atom. The van der Waals surface area contributed by atoms with Gasteiger partial charge in [0.2, 0.25) is 5.13 Å². The van der Waals surface area contributed by atoms with Gasteiger partial charge in [0.25, 0.3) is 0 Å². The van der Waals surface area contributed by atoms with Gasteiger partial charge in [-0.3, -0.25) is 5.10 Å². The molecule has 84 valence electrons. The quantitative estimate of drug-likeness (QED) is 0.826. The number of hydrogen-bond donors (Lipinski definition) is 1. The number of nitrogens with one attached hydrogen (secondary N) is 1. The molecule has 0 saturated carbocycles. The number of anilines is 1. The second kappa shape index (κ2) is 5.07. The maximum Gasteiger partial charge on any atom is 0.207 e. The Hall–Kier alpha value is -0.420. The van der Waals surface area contributed by atoms with Gasteiger partial charge >= 0.3 is 0 Å². The van der Waals surface area contributed by atoms with Crippen molar-refractivity contribution in [3.63, 3.8) is 0 Å². The molecule has 1 unspecified atom stereocenters. The normalized spacial score (nSPS) is 21.9. The molecule has 0 aromatic carbocycles. The average molecular weight is 243 g/mol. The van der Waals surface area contributed by atoms with E-state index in [-0.39, 0.29) is 0 Å². The van der Waals surface area contributed by atoms with Crippen LogP contribution in [-0.4, -0.2) is 22.8 Å². The Balaban J connectivity index is 2.13. The fourth-order valence-electron chi connectivity index (χ4n) is 2.23. The van der Waals surface area contributed by atoms with Crippen LogP contribution in [0.4, 0.5) is 5.13 Å². The fourth-order valence-corrected chi connectivity index (χ4v) is 3.21. The molecule has 1 aliphatic rings. The van der Waals surface area contributed by atoms with E-state index in [9.17, 15) is 0 Å². The van der Waals surface area contributed by atoms with Crippen molar-refractivity contribution < 1.29 is 0 Å². The van der Waals surface area contributed by atoms with Crippen LogP contribution in [0.5, 0.6) is 0 Å². The van der Waals surface area contributed by atoms with Gasteiger partial charge in [-0.1, -0.05) is 24.7 Å². The number of nitrogens with zero attached hydrogens (tertiary/aromatic N) is 2. The van der Waals surface area contributed by atoms with E-state index in [1.165, 1.54) is 32.1 Å². The molecular weight excluding hydrogens is 226 g/mol. The zero-order valence-corrected chi connectivity index (χ0v) is 10.7. The third kappa shape index (κ3) is 2.58. The van der Waals surface area contributed by atoms with Crippen molar-refractivity contribution in [1.29, 1.82) is 0 Å². The fraction of sp³-hybridized carbons (Fsp3) is 0.800. The molecule has 0 amide bonds. The highest BCUT2D eigenvalue weighted by Crippen LogP contribution is 2.28. The minimum Gasteiger partial charge on any atom is -0.344 e. The standard InChI is InChI=1S/C10H17N3S2/c1-2-5-8-6-3-4-7-13(8)9-11-12-10(14)15-9/h8H,2-7H2,1H3,(H,12,14). The first-order chi connectivity index (χ1) is 7.31. The molecule has 1 saturated heterocycles. The van der Waals surface area contributed by atoms with Crippen LogP contribution in [0.15, 0.2) is 0 Å². The number of hydrogen-bond acceptors (Lipinski definition) is 4. The van der Waals surface area contributed by atoms with Crippen LogP contribution < -0.4 is 4.90 Å². The Labute approximate surface area is 99.5 Å². The third-order valence-corrected chi connectivity index (χ3v) is 4.05. The Morgan fingerprint density at radius 3 is 3.13 bits per heavy atom. The van der Waals surface area contributed by atoms with Crippen LogP contribution >= 0.6 is 23.6 Å². The third-order valence-electron chi connectivity index (χ3n) is 2.92. The van der Waals surface area contributed by atoms with Crippen LogP contribution in [0.1, 0.15) is 39.0 Å². The molecule has 5 heteroatoms. The van der Waals surface area contributed by atoms with Gasteiger partial charge in [0.15, 0.2) is 3.95 Å². The molecule has 1 aromatic heterocycles. The van der Waals surface area contributed by atoms with Gasteiger partial charge in [-0.05, 0) is 37.9 Å². The Bertz CT molecular complexity index is 356. The molecule has 0 radical (unpaired) electrons. The van der Waals surface area contributed by atoms with Crippen molar-refractivity contribution in [3.05, 3.63) is 3.95 Å². The lowest BCUT2D eigenvalue weighted by atomic mass is 9.99. The summed E-state index contributed by atoms with van der Waals surface area (Å²) < 4.78 is 0.783. The van der Waals surface area contributed by atoms with Crippen molar-refractivity contribution in [2.75, 3.05) is 11.4 Å². The summed E-state index contributed by atoms with van der Waals surface area (Å²) in [5.74, 6) is 0. The van der Waals surface area contributed by atoms with E-state index < -0.39 is 0 Å². The molecular formula is C10H17N3S2. The first-order valence-electron chi connectivity index (χ1n) is 5.63. The molecule has 0 bridgehead atoms. The van der Waals surface area contributed by atoms with E-state index in [1.54, 1.807) is 11.3 Å². The molecule has 2 rings (SSSR count). The first kappa shape index (κ1) is 11.1. The summed E-state index contributed by atoms with van der Waals surface area (Å²) in [5.41, 5.74) is 0. The van der Waals surface area contributed by atoms with Gasteiger partial charge in [-0.25, -0.2) is 0 Å². The topological polar surface area (TPSA) is 31.9 Å². The Morgan fingerprint density at radius 1 is 1.60 bits per heavy atom. The van der Waals surface area contributed by atoms with Crippen LogP contribution in [0.25, 0.3) is 0 Å². The first-order valence-corrected chi connectivity index (χ1v) is 6.86. The van der Waals surface area contributed by atoms with Crippen LogP contribution in [0.2, 0.25) is 0 Å². The Kier molecular flexibility index (Phi) is 3.75. The summed E-state index contributed by atoms with van der Waals surface area (Å²) in [4.78, 5) is 2.43. The van der Waals surface area contributed by atoms with Crippen LogP contribution in [0, 0.1) is 3.95 Å². The predicted molar refractivity (Wildman–Crippen MR) is 67.2 cm³/mol. The lowest BCUT2D eigenvalue weighted by Crippen LogP contribution is -2.39. The summed E-state index contributed by atoms with van der Waals surface area (Å²) >= 11 is 6.68. The highest BCUT2D eigenvalue weighted by Gasteiger charge is 2.23. The van der Waals surface area contributed by atoms with E-state index in [1.807, 2.05) is 0 Å². The molecule has 1 N–H and O–H groups in total. The maximum absolute atomic E-state index is 5.08. The van der Waals surface area contributed by atoms with E-state index in [2.05, 4.69) is 22.0 Å². The number of piperidine rings is 1. The zero-order valence-electron chi connectivity index (χ0n) is 9.03. The summed E-state index contributed by atoms with van der Waals surface area (Å²) in [6, 6.07) is 0.678. The number of rotatable bonds is 3. The maximum atomic E-state index is 5.08. The van der Waals surface area contributed by atoms with Crippen LogP contribution in [0.3, 0.4) is 0 Å². The second-order valence-electron chi connectivity index (χ2n) is 4.03. The predicted octanol–water partition coefficient (Wildman–Crippen LogP) is 3.36. The summed E-state index contributed by atoms with van der Waals surface area (Å²) in [7, 11) is 0. The average Bonchev–Trinajstić information content (AvgIpc) is 2.66. The second-order valence-corrected chi connectivity index (χ2v) is 5.67. The summed E-state index contributed by atoms with van der Waals surface area (Å²) in [6.45, 7) is 3.39. The molecule has 1 atom stereocenters. The highest BCUT2D eigenvalue weighted by atomic mass is 32.1. The molecule has 15 heavy (non-hydrogen) atoms. The van der Waals surface area contributed by atoms with Crippen molar-refractivity contribution in [1.82, 2.24) is 10.2 Å². The summed E-state index contributed by atoms with van der Waals surface area (Å²) in [6.07, 6.45) is 6.47. The van der Waals surface area contributed by atoms with Crippen molar-refractivity contribution >= 4 is 28.7 Å². The molecule has 1 aliphatic heterocycles. The molecule has 1 aromatic rings. The molecule has 0 aliphatic carbocycles. The summed E-state index contributed by atoms with van der Waals surface area (Å²) in [5, 5.41) is 8.24. The van der Waals surface area contributed by atoms with Crippen molar-refractivity contribution in [3.8, 4) is 0 Å². The highest BCUT2D eigenvalue weighted by molar-refractivity contribution is 7.73. The van der Waals surface area contributed by atoms with Gasteiger partial charge in [-0.15, -0.1) is 5.10 Å². The van der Waals surface area contributed by atoms with Crippen molar-refractivity contribution in [2.45, 2.75) is 45.1 Å². The molecule has 3 nitrogen and oxygen atoms in total. The lowest BCUT2D eigenvalue weighted by molar-refractivity contribution is 0.433. The SMILES string of the molecule is CCCC1CCCCN1c1n[nH]c(=S)s1. The van der Waals surface area contributed by atoms with E-state index >= 15 is 0 Å². The van der Waals surface area contributed by atoms with Crippen LogP contribution in [-0.2, 0) is 0 Å². The van der Waals surface area contributed by atoms with Gasteiger partial charge in [0.05, 0.1) is 0 Å². The van der Waals surface area contributed by atoms with E-state index in [4.69, 9.17) is 12.2 Å². The minimum absolute atomic E-state index is 0.678. The van der Waals surface area contributed by atoms with E-state index in [0.29, 0.717) is 6.04 Å². The lowest BCUT2D eigenvalue weighted by Gasteiger charge is -2.35. The van der Waals surface area contributed by atoms with E-state index in [0.717, 1.165) is 15.6 Å². The van der Waals surface area contributed by atoms with Gasteiger partial charge < -0.3 is 4.90 Å².